The second-order valence-electron chi connectivity index (χ2n) is 6.01. The molecule has 0 saturated heterocycles. The molecule has 0 aliphatic heterocycles. The van der Waals surface area contributed by atoms with E-state index >= 15 is 0 Å². The Hall–Kier alpha value is -2.87. The number of ketones is 1. The number of carbonyl (C=O) groups excluding carboxylic acids is 2. The van der Waals surface area contributed by atoms with Gasteiger partial charge < -0.3 is 5.32 Å². The maximum Gasteiger partial charge on any atom is 0.224 e. The third kappa shape index (κ3) is 4.02. The molecule has 134 valence electrons. The Kier molecular flexibility index (Phi) is 5.22. The Balaban J connectivity index is 1.61. The van der Waals surface area contributed by atoms with Crippen LogP contribution in [0.2, 0.25) is 0 Å². The first kappa shape index (κ1) is 17.9. The van der Waals surface area contributed by atoms with Crippen molar-refractivity contribution in [2.45, 2.75) is 26.7 Å². The summed E-state index contributed by atoms with van der Waals surface area (Å²) in [5.41, 5.74) is 2.17. The van der Waals surface area contributed by atoms with E-state index in [1.165, 1.54) is 0 Å². The molecule has 2 aromatic heterocycles. The van der Waals surface area contributed by atoms with Crippen LogP contribution in [0.4, 0.5) is 5.69 Å². The summed E-state index contributed by atoms with van der Waals surface area (Å²) in [6.45, 7) is 3.90. The minimum atomic E-state index is -0.198. The SMILES string of the molecule is Cc1cc(C(=O)CCC(=O)Nc2cccc(-c3nnnn3C)c2)c(C)s1. The summed E-state index contributed by atoms with van der Waals surface area (Å²) < 4.78 is 1.56. The van der Waals surface area contributed by atoms with E-state index in [1.54, 1.807) is 35.2 Å². The summed E-state index contributed by atoms with van der Waals surface area (Å²) in [4.78, 5) is 26.6. The van der Waals surface area contributed by atoms with E-state index < -0.39 is 0 Å². The molecule has 0 radical (unpaired) electrons. The van der Waals surface area contributed by atoms with Crippen molar-refractivity contribution < 1.29 is 9.59 Å². The number of rotatable bonds is 6. The highest BCUT2D eigenvalue weighted by Gasteiger charge is 2.14. The molecule has 0 aliphatic rings. The highest BCUT2D eigenvalue weighted by molar-refractivity contribution is 7.12. The zero-order valence-corrected chi connectivity index (χ0v) is 15.6. The number of thiophene rings is 1. The first-order valence-electron chi connectivity index (χ1n) is 8.17. The quantitative estimate of drug-likeness (QED) is 0.674. The number of hydrogen-bond donors (Lipinski definition) is 1. The monoisotopic (exact) mass is 369 g/mol. The molecule has 1 amide bonds. The van der Waals surface area contributed by atoms with Crippen molar-refractivity contribution in [3.63, 3.8) is 0 Å². The number of tetrazole rings is 1. The Labute approximate surface area is 155 Å². The molecule has 1 aromatic carbocycles. The van der Waals surface area contributed by atoms with Crippen LogP contribution in [-0.4, -0.2) is 31.9 Å². The highest BCUT2D eigenvalue weighted by atomic mass is 32.1. The number of benzene rings is 1. The molecular formula is C18H19N5O2S. The minimum absolute atomic E-state index is 0.000842. The molecule has 3 rings (SSSR count). The van der Waals surface area contributed by atoms with Crippen LogP contribution in [0.15, 0.2) is 30.3 Å². The van der Waals surface area contributed by atoms with Crippen LogP contribution in [-0.2, 0) is 11.8 Å². The fourth-order valence-electron chi connectivity index (χ4n) is 2.70. The number of amides is 1. The topological polar surface area (TPSA) is 89.8 Å². The normalized spacial score (nSPS) is 10.7. The summed E-state index contributed by atoms with van der Waals surface area (Å²) in [7, 11) is 1.75. The predicted octanol–water partition coefficient (Wildman–Crippen LogP) is 3.16. The van der Waals surface area contributed by atoms with Crippen LogP contribution < -0.4 is 5.32 Å². The van der Waals surface area contributed by atoms with Gasteiger partial charge in [0.05, 0.1) is 0 Å². The zero-order valence-electron chi connectivity index (χ0n) is 14.8. The van der Waals surface area contributed by atoms with Crippen LogP contribution in [0, 0.1) is 13.8 Å². The van der Waals surface area contributed by atoms with Gasteiger partial charge in [-0.3, -0.25) is 9.59 Å². The van der Waals surface area contributed by atoms with Crippen molar-refractivity contribution in [3.05, 3.63) is 45.6 Å². The Morgan fingerprint density at radius 2 is 2.00 bits per heavy atom. The average Bonchev–Trinajstić information content (AvgIpc) is 3.18. The summed E-state index contributed by atoms with van der Waals surface area (Å²) >= 11 is 1.60. The van der Waals surface area contributed by atoms with Crippen molar-refractivity contribution >= 4 is 28.7 Å². The van der Waals surface area contributed by atoms with Gasteiger partial charge in [0.15, 0.2) is 11.6 Å². The molecule has 0 unspecified atom stereocenters. The molecule has 7 nitrogen and oxygen atoms in total. The second-order valence-corrected chi connectivity index (χ2v) is 7.47. The lowest BCUT2D eigenvalue weighted by molar-refractivity contribution is -0.116. The standard InChI is InChI=1S/C18H19N5O2S/c1-11-9-15(12(2)26-11)16(24)7-8-17(25)19-14-6-4-5-13(10-14)18-20-21-22-23(18)3/h4-6,9-10H,7-8H2,1-3H3,(H,19,25). The molecule has 8 heteroatoms. The van der Waals surface area contributed by atoms with Gasteiger partial charge in [-0.15, -0.1) is 16.4 Å². The number of nitrogens with one attached hydrogen (secondary N) is 1. The van der Waals surface area contributed by atoms with E-state index in [1.807, 2.05) is 32.0 Å². The van der Waals surface area contributed by atoms with Crippen LogP contribution in [0.5, 0.6) is 0 Å². The van der Waals surface area contributed by atoms with Crippen molar-refractivity contribution in [2.75, 3.05) is 5.32 Å². The van der Waals surface area contributed by atoms with E-state index in [2.05, 4.69) is 20.8 Å². The van der Waals surface area contributed by atoms with Crippen LogP contribution >= 0.6 is 11.3 Å². The predicted molar refractivity (Wildman–Crippen MR) is 100 cm³/mol. The van der Waals surface area contributed by atoms with E-state index in [0.717, 1.165) is 20.9 Å². The molecule has 0 bridgehead atoms. The zero-order chi connectivity index (χ0) is 18.7. The van der Waals surface area contributed by atoms with Gasteiger partial charge in [-0.05, 0) is 42.5 Å². The van der Waals surface area contributed by atoms with E-state index in [0.29, 0.717) is 11.5 Å². The van der Waals surface area contributed by atoms with Gasteiger partial charge in [0.1, 0.15) is 0 Å². The van der Waals surface area contributed by atoms with Crippen LogP contribution in [0.25, 0.3) is 11.4 Å². The Morgan fingerprint density at radius 3 is 2.65 bits per heavy atom. The third-order valence-electron chi connectivity index (χ3n) is 3.95. The summed E-state index contributed by atoms with van der Waals surface area (Å²) in [5, 5.41) is 14.2. The van der Waals surface area contributed by atoms with Gasteiger partial charge in [0.25, 0.3) is 0 Å². The van der Waals surface area contributed by atoms with Gasteiger partial charge >= 0.3 is 0 Å². The van der Waals surface area contributed by atoms with E-state index in [9.17, 15) is 9.59 Å². The number of aromatic nitrogens is 4. The molecule has 0 aliphatic carbocycles. The van der Waals surface area contributed by atoms with Crippen molar-refractivity contribution in [1.29, 1.82) is 0 Å². The number of carbonyl (C=O) groups is 2. The Morgan fingerprint density at radius 1 is 1.19 bits per heavy atom. The minimum Gasteiger partial charge on any atom is -0.326 e. The first-order valence-corrected chi connectivity index (χ1v) is 8.98. The lowest BCUT2D eigenvalue weighted by Crippen LogP contribution is -2.13. The Bertz CT molecular complexity index is 960. The third-order valence-corrected chi connectivity index (χ3v) is 4.91. The lowest BCUT2D eigenvalue weighted by atomic mass is 10.1. The van der Waals surface area contributed by atoms with Gasteiger partial charge in [-0.2, -0.15) is 0 Å². The smallest absolute Gasteiger partial charge is 0.224 e. The summed E-state index contributed by atoms with van der Waals surface area (Å²) in [6, 6.07) is 9.17. The van der Waals surface area contributed by atoms with Crippen molar-refractivity contribution in [3.8, 4) is 11.4 Å². The van der Waals surface area contributed by atoms with Gasteiger partial charge in [0.2, 0.25) is 5.91 Å². The van der Waals surface area contributed by atoms with Crippen molar-refractivity contribution in [2.24, 2.45) is 7.05 Å². The second kappa shape index (κ2) is 7.57. The molecule has 0 spiro atoms. The number of anilines is 1. The lowest BCUT2D eigenvalue weighted by Gasteiger charge is -2.07. The molecule has 0 atom stereocenters. The first-order chi connectivity index (χ1) is 12.4. The molecule has 26 heavy (non-hydrogen) atoms. The molecule has 3 aromatic rings. The van der Waals surface area contributed by atoms with Gasteiger partial charge in [-0.25, -0.2) is 4.68 Å². The van der Waals surface area contributed by atoms with E-state index in [4.69, 9.17) is 0 Å². The maximum atomic E-state index is 12.3. The fourth-order valence-corrected chi connectivity index (χ4v) is 3.65. The summed E-state index contributed by atoms with van der Waals surface area (Å²) in [5.74, 6) is 0.414. The maximum absolute atomic E-state index is 12.3. The summed E-state index contributed by atoms with van der Waals surface area (Å²) in [6.07, 6.45) is 0.332. The van der Waals surface area contributed by atoms with Crippen molar-refractivity contribution in [1.82, 2.24) is 20.2 Å². The molecule has 0 fully saturated rings. The number of nitrogens with zero attached hydrogens (tertiary/aromatic N) is 4. The molecule has 0 saturated carbocycles. The van der Waals surface area contributed by atoms with Crippen LogP contribution in [0.3, 0.4) is 0 Å². The van der Waals surface area contributed by atoms with Gasteiger partial charge in [-0.1, -0.05) is 12.1 Å². The van der Waals surface area contributed by atoms with Crippen LogP contribution in [0.1, 0.15) is 33.0 Å². The molecular weight excluding hydrogens is 350 g/mol. The van der Waals surface area contributed by atoms with Gasteiger partial charge in [0, 0.05) is 46.5 Å². The van der Waals surface area contributed by atoms with E-state index in [-0.39, 0.29) is 24.5 Å². The average molecular weight is 369 g/mol. The highest BCUT2D eigenvalue weighted by Crippen LogP contribution is 2.23. The number of Topliss-reactive ketones (excluding diaryl/α,β-unsaturated/α-hetero) is 1. The number of hydrogen-bond acceptors (Lipinski definition) is 6. The largest absolute Gasteiger partial charge is 0.326 e. The fraction of sp³-hybridized carbons (Fsp3) is 0.278. The molecule has 1 N–H and O–H groups in total. The number of aryl methyl sites for hydroxylation is 3. The molecule has 2 heterocycles.